The number of methoxy groups -OCH3 is 1. The number of benzene rings is 1. The van der Waals surface area contributed by atoms with Gasteiger partial charge in [-0.15, -0.1) is 0 Å². The molecule has 1 aliphatic carbocycles. The van der Waals surface area contributed by atoms with Crippen LogP contribution in [0.3, 0.4) is 0 Å². The first-order chi connectivity index (χ1) is 14.6. The first-order valence-corrected chi connectivity index (χ1v) is 12.0. The number of carbonyl (C=O) groups excluding carboxylic acids is 1. The van der Waals surface area contributed by atoms with E-state index in [1.54, 1.807) is 7.11 Å². The Hall–Kier alpha value is -1.30. The molecule has 0 bridgehead atoms. The highest BCUT2D eigenvalue weighted by atomic mass is 35.5. The summed E-state index contributed by atoms with van der Waals surface area (Å²) in [7, 11) is 1.68. The number of nitrogens with zero attached hydrogens (tertiary/aromatic N) is 2. The molecule has 1 aromatic carbocycles. The highest BCUT2D eigenvalue weighted by Gasteiger charge is 2.24. The Bertz CT molecular complexity index is 668. The molecule has 0 aromatic heterocycles. The van der Waals surface area contributed by atoms with Crippen molar-refractivity contribution in [3.8, 4) is 0 Å². The number of nitrogens with one attached hydrogen (secondary N) is 1. The maximum Gasteiger partial charge on any atom is 0.220 e. The van der Waals surface area contributed by atoms with Crippen molar-refractivity contribution in [2.24, 2.45) is 5.92 Å². The molecule has 1 amide bonds. The molecule has 0 unspecified atom stereocenters. The molecule has 1 aliphatic heterocycles. The average Bonchev–Trinajstić information content (AvgIpc) is 2.76. The van der Waals surface area contributed by atoms with Gasteiger partial charge in [0.1, 0.15) is 0 Å². The molecule has 1 aromatic rings. The molecule has 1 saturated carbocycles. The van der Waals surface area contributed by atoms with Gasteiger partial charge in [0.15, 0.2) is 0 Å². The van der Waals surface area contributed by atoms with E-state index in [0.29, 0.717) is 19.1 Å². The van der Waals surface area contributed by atoms with Crippen molar-refractivity contribution in [3.63, 3.8) is 0 Å². The number of piperazine rings is 1. The van der Waals surface area contributed by atoms with Gasteiger partial charge < -0.3 is 15.0 Å². The average molecular weight is 436 g/mol. The molecule has 1 N–H and O–H groups in total. The van der Waals surface area contributed by atoms with Crippen LogP contribution in [0.5, 0.6) is 0 Å². The van der Waals surface area contributed by atoms with Gasteiger partial charge in [0.25, 0.3) is 0 Å². The zero-order valence-electron chi connectivity index (χ0n) is 18.7. The van der Waals surface area contributed by atoms with Gasteiger partial charge >= 0.3 is 0 Å². The number of anilines is 1. The maximum absolute atomic E-state index is 12.0. The summed E-state index contributed by atoms with van der Waals surface area (Å²) in [5, 5.41) is 4.07. The molecule has 1 heterocycles. The van der Waals surface area contributed by atoms with Crippen LogP contribution in [0.2, 0.25) is 5.02 Å². The fourth-order valence-electron chi connectivity index (χ4n) is 4.79. The fraction of sp³-hybridized carbons (Fsp3) is 0.708. The predicted molar refractivity (Wildman–Crippen MR) is 124 cm³/mol. The van der Waals surface area contributed by atoms with Crippen molar-refractivity contribution < 1.29 is 9.53 Å². The normalized spacial score (nSPS) is 22.8. The second-order valence-corrected chi connectivity index (χ2v) is 9.29. The van der Waals surface area contributed by atoms with Gasteiger partial charge in [-0.05, 0) is 75.6 Å². The lowest BCUT2D eigenvalue weighted by molar-refractivity contribution is -0.122. The summed E-state index contributed by atoms with van der Waals surface area (Å²) in [5.74, 6) is 0.989. The van der Waals surface area contributed by atoms with Gasteiger partial charge in [-0.1, -0.05) is 17.7 Å². The number of halogens is 1. The van der Waals surface area contributed by atoms with Crippen LogP contribution >= 0.6 is 11.6 Å². The predicted octanol–water partition coefficient (Wildman–Crippen LogP) is 4.26. The Morgan fingerprint density at radius 2 is 1.90 bits per heavy atom. The third-order valence-corrected chi connectivity index (χ3v) is 7.18. The number of carbonyl (C=O) groups is 1. The van der Waals surface area contributed by atoms with Crippen LogP contribution in [0.25, 0.3) is 0 Å². The van der Waals surface area contributed by atoms with E-state index in [4.69, 9.17) is 16.3 Å². The van der Waals surface area contributed by atoms with Crippen molar-refractivity contribution in [2.75, 3.05) is 51.3 Å². The van der Waals surface area contributed by atoms with E-state index >= 15 is 0 Å². The van der Waals surface area contributed by atoms with Crippen LogP contribution < -0.4 is 10.2 Å². The summed E-state index contributed by atoms with van der Waals surface area (Å²) < 4.78 is 5.02. The van der Waals surface area contributed by atoms with Crippen LogP contribution in [-0.4, -0.2) is 63.3 Å². The van der Waals surface area contributed by atoms with E-state index in [1.807, 2.05) is 6.07 Å². The Morgan fingerprint density at radius 1 is 1.17 bits per heavy atom. The highest BCUT2D eigenvalue weighted by molar-refractivity contribution is 6.31. The Labute approximate surface area is 187 Å². The number of hydrogen-bond donors (Lipinski definition) is 1. The number of amides is 1. The molecule has 2 aliphatic rings. The minimum absolute atomic E-state index is 0.184. The number of hydrogen-bond acceptors (Lipinski definition) is 4. The van der Waals surface area contributed by atoms with Crippen molar-refractivity contribution in [1.82, 2.24) is 10.2 Å². The molecule has 3 rings (SSSR count). The van der Waals surface area contributed by atoms with Crippen molar-refractivity contribution in [1.29, 1.82) is 0 Å². The first kappa shape index (κ1) is 23.4. The van der Waals surface area contributed by atoms with Crippen LogP contribution in [0, 0.1) is 12.8 Å². The quantitative estimate of drug-likeness (QED) is 0.588. The van der Waals surface area contributed by atoms with E-state index in [1.165, 1.54) is 37.1 Å². The summed E-state index contributed by atoms with van der Waals surface area (Å²) in [6.45, 7) is 8.36. The molecule has 6 heteroatoms. The van der Waals surface area contributed by atoms with Crippen molar-refractivity contribution in [2.45, 2.75) is 57.9 Å². The Balaban J connectivity index is 1.31. The molecule has 1 saturated heterocycles. The third kappa shape index (κ3) is 6.86. The van der Waals surface area contributed by atoms with Gasteiger partial charge in [-0.3, -0.25) is 9.69 Å². The third-order valence-electron chi connectivity index (χ3n) is 6.77. The van der Waals surface area contributed by atoms with Gasteiger partial charge in [-0.2, -0.15) is 0 Å². The minimum Gasteiger partial charge on any atom is -0.385 e. The molecule has 168 valence electrons. The van der Waals surface area contributed by atoms with Gasteiger partial charge in [-0.25, -0.2) is 0 Å². The van der Waals surface area contributed by atoms with Crippen LogP contribution in [-0.2, 0) is 9.53 Å². The molecule has 0 atom stereocenters. The molecule has 5 nitrogen and oxygen atoms in total. The SMILES string of the molecule is COCCCC(=O)NC1CCC(CCN2CCN(c3cccc(Cl)c3C)CC2)CC1. The fourth-order valence-corrected chi connectivity index (χ4v) is 4.96. The zero-order valence-corrected chi connectivity index (χ0v) is 19.4. The standard InChI is InChI=1S/C24H38ClN3O2/c1-19-22(25)5-3-6-23(19)28-16-14-27(15-17-28)13-12-20-8-10-21(11-9-20)26-24(29)7-4-18-30-2/h3,5-6,20-21H,4,7-18H2,1-2H3,(H,26,29). The lowest BCUT2D eigenvalue weighted by Crippen LogP contribution is -2.47. The van der Waals surface area contributed by atoms with E-state index in [0.717, 1.165) is 56.4 Å². The molecule has 30 heavy (non-hydrogen) atoms. The van der Waals surface area contributed by atoms with E-state index in [9.17, 15) is 4.79 Å². The molecular weight excluding hydrogens is 398 g/mol. The van der Waals surface area contributed by atoms with Crippen molar-refractivity contribution >= 4 is 23.2 Å². The van der Waals surface area contributed by atoms with E-state index < -0.39 is 0 Å². The van der Waals surface area contributed by atoms with Crippen molar-refractivity contribution in [3.05, 3.63) is 28.8 Å². The largest absolute Gasteiger partial charge is 0.385 e. The summed E-state index contributed by atoms with van der Waals surface area (Å²) >= 11 is 6.30. The second kappa shape index (κ2) is 11.9. The molecular formula is C24H38ClN3O2. The van der Waals surface area contributed by atoms with Gasteiger partial charge in [0.2, 0.25) is 5.91 Å². The summed E-state index contributed by atoms with van der Waals surface area (Å²) in [6.07, 6.45) is 7.40. The lowest BCUT2D eigenvalue weighted by atomic mass is 9.84. The Kier molecular flexibility index (Phi) is 9.28. The van der Waals surface area contributed by atoms with Gasteiger partial charge in [0.05, 0.1) is 0 Å². The number of ether oxygens (including phenoxy) is 1. The zero-order chi connectivity index (χ0) is 21.3. The number of rotatable bonds is 9. The highest BCUT2D eigenvalue weighted by Crippen LogP contribution is 2.29. The first-order valence-electron chi connectivity index (χ1n) is 11.6. The Morgan fingerprint density at radius 3 is 2.60 bits per heavy atom. The monoisotopic (exact) mass is 435 g/mol. The van der Waals surface area contributed by atoms with Gasteiger partial charge in [0, 0.05) is 63.1 Å². The summed E-state index contributed by atoms with van der Waals surface area (Å²) in [4.78, 5) is 17.1. The van der Waals surface area contributed by atoms with Crippen LogP contribution in [0.4, 0.5) is 5.69 Å². The smallest absolute Gasteiger partial charge is 0.220 e. The molecule has 0 spiro atoms. The molecule has 2 fully saturated rings. The second-order valence-electron chi connectivity index (χ2n) is 8.88. The maximum atomic E-state index is 12.0. The minimum atomic E-state index is 0.184. The van der Waals surface area contributed by atoms with E-state index in [2.05, 4.69) is 34.2 Å². The van der Waals surface area contributed by atoms with Crippen LogP contribution in [0.1, 0.15) is 50.5 Å². The van der Waals surface area contributed by atoms with Crippen LogP contribution in [0.15, 0.2) is 18.2 Å². The topological polar surface area (TPSA) is 44.8 Å². The summed E-state index contributed by atoms with van der Waals surface area (Å²) in [6, 6.07) is 6.58. The summed E-state index contributed by atoms with van der Waals surface area (Å²) in [5.41, 5.74) is 2.47. The molecule has 0 radical (unpaired) electrons. The lowest BCUT2D eigenvalue weighted by Gasteiger charge is -2.38. The van der Waals surface area contributed by atoms with E-state index in [-0.39, 0.29) is 5.91 Å².